The van der Waals surface area contributed by atoms with Crippen LogP contribution in [0.2, 0.25) is 0 Å². The van der Waals surface area contributed by atoms with Gasteiger partial charge in [0.25, 0.3) is 0 Å². The van der Waals surface area contributed by atoms with Crippen molar-refractivity contribution in [1.82, 2.24) is 0 Å². The number of hydrogen-bond donors (Lipinski definition) is 0. The first-order valence-electron chi connectivity index (χ1n) is 9.33. The molecule has 0 radical (unpaired) electrons. The van der Waals surface area contributed by atoms with Crippen LogP contribution in [0.25, 0.3) is 17.0 Å². The average Bonchev–Trinajstić information content (AvgIpc) is 2.71. The molecule has 0 N–H and O–H groups in total. The molecule has 0 fully saturated rings. The molecule has 0 aromatic heterocycles. The molecule has 0 spiro atoms. The van der Waals surface area contributed by atoms with Gasteiger partial charge in [-0.15, -0.1) is 0 Å². The van der Waals surface area contributed by atoms with Crippen LogP contribution in [-0.4, -0.2) is 0 Å². The Morgan fingerprint density at radius 3 is 1.58 bits per heavy atom. The van der Waals surface area contributed by atoms with Crippen LogP contribution in [0, 0.1) is 11.6 Å². The van der Waals surface area contributed by atoms with Crippen molar-refractivity contribution >= 4 is 5.83 Å². The summed E-state index contributed by atoms with van der Waals surface area (Å²) in [6, 6.07) is 14.3. The number of hydrogen-bond acceptors (Lipinski definition) is 0. The van der Waals surface area contributed by atoms with Crippen LogP contribution in [0.3, 0.4) is 0 Å². The van der Waals surface area contributed by atoms with E-state index in [1.54, 1.807) is 36.4 Å². The zero-order valence-corrected chi connectivity index (χ0v) is 16.3. The minimum Gasteiger partial charge on any atom is -0.209 e. The van der Waals surface area contributed by atoms with E-state index in [0.717, 1.165) is 18.1 Å². The fourth-order valence-electron chi connectivity index (χ4n) is 3.18. The van der Waals surface area contributed by atoms with Crippen LogP contribution >= 0.6 is 0 Å². The summed E-state index contributed by atoms with van der Waals surface area (Å²) in [6.45, 7) is 1.04. The summed E-state index contributed by atoms with van der Waals surface area (Å²) < 4.78 is 92.2. The maximum absolute atomic E-state index is 13.8. The highest BCUT2D eigenvalue weighted by atomic mass is 19.4. The summed E-state index contributed by atoms with van der Waals surface area (Å²) in [4.78, 5) is 0. The van der Waals surface area contributed by atoms with E-state index in [9.17, 15) is 30.7 Å². The molecule has 0 bridgehead atoms. The lowest BCUT2D eigenvalue weighted by molar-refractivity contribution is -0.142. The minimum atomic E-state index is -5.11. The van der Waals surface area contributed by atoms with Crippen LogP contribution in [-0.2, 0) is 19.0 Å². The third-order valence-corrected chi connectivity index (χ3v) is 4.83. The lowest BCUT2D eigenvalue weighted by Gasteiger charge is -2.11. The van der Waals surface area contributed by atoms with E-state index >= 15 is 0 Å². The summed E-state index contributed by atoms with van der Waals surface area (Å²) in [5.74, 6) is -5.12. The van der Waals surface area contributed by atoms with Crippen molar-refractivity contribution in [2.45, 2.75) is 25.9 Å². The molecule has 7 heteroatoms. The summed E-state index contributed by atoms with van der Waals surface area (Å²) in [5, 5.41) is 0. The summed E-state index contributed by atoms with van der Waals surface area (Å²) in [5.41, 5.74) is 0.433. The summed E-state index contributed by atoms with van der Waals surface area (Å²) in [7, 11) is 0. The quantitative estimate of drug-likeness (QED) is 0.354. The van der Waals surface area contributed by atoms with Gasteiger partial charge in [-0.1, -0.05) is 48.5 Å². The largest absolute Gasteiger partial charge is 0.422 e. The highest BCUT2D eigenvalue weighted by Gasteiger charge is 2.37. The molecule has 0 unspecified atom stereocenters. The second-order valence-corrected chi connectivity index (χ2v) is 7.05. The molecule has 31 heavy (non-hydrogen) atoms. The highest BCUT2D eigenvalue weighted by molar-refractivity contribution is 5.64. The number of benzene rings is 3. The van der Waals surface area contributed by atoms with E-state index in [-0.39, 0.29) is 11.1 Å². The van der Waals surface area contributed by atoms with E-state index in [1.807, 2.05) is 0 Å². The molecule has 162 valence electrons. The fraction of sp³-hybridized carbons (Fsp3) is 0.167. The van der Waals surface area contributed by atoms with Crippen molar-refractivity contribution in [2.24, 2.45) is 0 Å². The third kappa shape index (κ3) is 5.34. The summed E-state index contributed by atoms with van der Waals surface area (Å²) in [6.07, 6.45) is -3.89. The van der Waals surface area contributed by atoms with Crippen LogP contribution in [0.5, 0.6) is 0 Å². The number of alkyl halides is 3. The van der Waals surface area contributed by atoms with Gasteiger partial charge in [-0.25, -0.2) is 17.6 Å². The lowest BCUT2D eigenvalue weighted by Crippen LogP contribution is -2.11. The van der Waals surface area contributed by atoms with E-state index in [0.29, 0.717) is 30.5 Å². The van der Waals surface area contributed by atoms with Gasteiger partial charge in [0.15, 0.2) is 5.83 Å². The Balaban J connectivity index is 1.71. The molecule has 0 atom stereocenters. The molecule has 0 aliphatic heterocycles. The molecule has 0 saturated carbocycles. The molecular formula is C24H17F7. The van der Waals surface area contributed by atoms with Gasteiger partial charge in [0.05, 0.1) is 0 Å². The van der Waals surface area contributed by atoms with E-state index in [2.05, 4.69) is 0 Å². The smallest absolute Gasteiger partial charge is 0.209 e. The van der Waals surface area contributed by atoms with Crippen molar-refractivity contribution in [3.63, 3.8) is 0 Å². The van der Waals surface area contributed by atoms with Gasteiger partial charge in [0, 0.05) is 5.56 Å². The lowest BCUT2D eigenvalue weighted by atomic mass is 9.98. The van der Waals surface area contributed by atoms with Gasteiger partial charge >= 0.3 is 6.18 Å². The van der Waals surface area contributed by atoms with Crippen LogP contribution in [0.1, 0.15) is 29.2 Å². The fourth-order valence-corrected chi connectivity index (χ4v) is 3.18. The monoisotopic (exact) mass is 438 g/mol. The Morgan fingerprint density at radius 1 is 0.710 bits per heavy atom. The normalized spacial score (nSPS) is 12.6. The van der Waals surface area contributed by atoms with Crippen molar-refractivity contribution in [2.75, 3.05) is 0 Å². The summed E-state index contributed by atoms with van der Waals surface area (Å²) >= 11 is 0. The second kappa shape index (κ2) is 8.96. The number of aryl methyl sites for hydroxylation is 2. The van der Waals surface area contributed by atoms with E-state index < -0.39 is 35.0 Å². The number of rotatable bonds is 5. The Kier molecular flexibility index (Phi) is 6.53. The Hall–Kier alpha value is -3.09. The molecule has 0 aliphatic carbocycles. The molecule has 3 aromatic rings. The first kappa shape index (κ1) is 22.6. The standard InChI is InChI=1S/C24H17F7/c1-14(25)23(28)18-10-6-16(7-11-18)3-2-15-4-8-17(9-5-15)19-12-20(26)22(21(27)13-19)24(29,30)31/h4-13H,2-3H2,1H3/b23-14+. The topological polar surface area (TPSA) is 0 Å². The minimum absolute atomic E-state index is 0.00313. The average molecular weight is 438 g/mol. The first-order valence-corrected chi connectivity index (χ1v) is 9.33. The van der Waals surface area contributed by atoms with Gasteiger partial charge in [0.1, 0.15) is 23.0 Å². The predicted octanol–water partition coefficient (Wildman–Crippen LogP) is 8.06. The molecule has 0 nitrogen and oxygen atoms in total. The Bertz CT molecular complexity index is 1070. The third-order valence-electron chi connectivity index (χ3n) is 4.83. The van der Waals surface area contributed by atoms with E-state index in [1.165, 1.54) is 12.1 Å². The zero-order valence-electron chi connectivity index (χ0n) is 16.3. The first-order chi connectivity index (χ1) is 14.6. The maximum atomic E-state index is 13.8. The zero-order chi connectivity index (χ0) is 22.8. The Morgan fingerprint density at radius 2 is 1.16 bits per heavy atom. The maximum Gasteiger partial charge on any atom is 0.422 e. The van der Waals surface area contributed by atoms with Crippen molar-refractivity contribution in [3.8, 4) is 11.1 Å². The van der Waals surface area contributed by atoms with Gasteiger partial charge in [-0.3, -0.25) is 0 Å². The predicted molar refractivity (Wildman–Crippen MR) is 105 cm³/mol. The molecule has 3 aromatic carbocycles. The molecule has 0 heterocycles. The molecule has 0 aliphatic rings. The molecular weight excluding hydrogens is 421 g/mol. The molecule has 3 rings (SSSR count). The molecule has 0 amide bonds. The van der Waals surface area contributed by atoms with Crippen LogP contribution in [0.15, 0.2) is 66.5 Å². The van der Waals surface area contributed by atoms with Gasteiger partial charge in [0.2, 0.25) is 0 Å². The molecule has 0 saturated heterocycles. The van der Waals surface area contributed by atoms with Crippen molar-refractivity contribution < 1.29 is 30.7 Å². The van der Waals surface area contributed by atoms with Gasteiger partial charge in [-0.05, 0) is 54.2 Å². The van der Waals surface area contributed by atoms with Crippen molar-refractivity contribution in [3.05, 3.63) is 100 Å². The highest BCUT2D eigenvalue weighted by Crippen LogP contribution is 2.36. The van der Waals surface area contributed by atoms with E-state index in [4.69, 9.17) is 0 Å². The van der Waals surface area contributed by atoms with Crippen LogP contribution in [0.4, 0.5) is 30.7 Å². The Labute approximate surface area is 174 Å². The van der Waals surface area contributed by atoms with Crippen molar-refractivity contribution in [1.29, 1.82) is 0 Å². The van der Waals surface area contributed by atoms with Gasteiger partial charge in [-0.2, -0.15) is 13.2 Å². The number of allylic oxidation sites excluding steroid dienone is 1. The second-order valence-electron chi connectivity index (χ2n) is 7.05. The van der Waals surface area contributed by atoms with Gasteiger partial charge < -0.3 is 0 Å². The SMILES string of the molecule is C/C(F)=C(\F)c1ccc(CCc2ccc(-c3cc(F)c(C(F)(F)F)c(F)c3)cc2)cc1. The van der Waals surface area contributed by atoms with Crippen LogP contribution < -0.4 is 0 Å². The number of halogens is 7.